The fraction of sp³-hybridized carbons (Fsp3) is 0.333. The second kappa shape index (κ2) is 7.39. The van der Waals surface area contributed by atoms with Gasteiger partial charge in [-0.15, -0.1) is 11.8 Å². The summed E-state index contributed by atoms with van der Waals surface area (Å²) < 4.78 is 10.4. The van der Waals surface area contributed by atoms with Crippen LogP contribution in [0.1, 0.15) is 25.8 Å². The fourth-order valence-electron chi connectivity index (χ4n) is 3.32. The normalized spacial score (nSPS) is 17.1. The van der Waals surface area contributed by atoms with Crippen LogP contribution in [0.3, 0.4) is 0 Å². The largest absolute Gasteiger partial charge is 0.454 e. The molecule has 2 heterocycles. The zero-order valence-electron chi connectivity index (χ0n) is 15.9. The highest BCUT2D eigenvalue weighted by atomic mass is 32.2. The topological polar surface area (TPSA) is 67.9 Å². The molecule has 0 saturated carbocycles. The molecule has 0 aromatic heterocycles. The monoisotopic (exact) mass is 398 g/mol. The number of fused-ring (bicyclic) bond motifs is 2. The molecule has 7 heteroatoms. The molecule has 0 fully saturated rings. The molecule has 0 unspecified atom stereocenters. The number of carbonyl (C=O) groups is 2. The number of thioether (sulfide) groups is 1. The molecule has 28 heavy (non-hydrogen) atoms. The van der Waals surface area contributed by atoms with Crippen molar-refractivity contribution in [3.8, 4) is 11.5 Å². The van der Waals surface area contributed by atoms with Gasteiger partial charge < -0.3 is 19.7 Å². The highest BCUT2D eigenvalue weighted by molar-refractivity contribution is 8.00. The molecular weight excluding hydrogens is 376 g/mol. The van der Waals surface area contributed by atoms with E-state index in [4.69, 9.17) is 9.47 Å². The number of nitrogens with zero attached hydrogens (tertiary/aromatic N) is 1. The van der Waals surface area contributed by atoms with Crippen LogP contribution in [-0.2, 0) is 16.1 Å². The molecule has 0 atom stereocenters. The molecule has 2 amide bonds. The van der Waals surface area contributed by atoms with Gasteiger partial charge in [0.2, 0.25) is 18.6 Å². The quantitative estimate of drug-likeness (QED) is 0.856. The van der Waals surface area contributed by atoms with Gasteiger partial charge in [-0.1, -0.05) is 18.2 Å². The maximum atomic E-state index is 12.8. The van der Waals surface area contributed by atoms with E-state index >= 15 is 0 Å². The Bertz CT molecular complexity index is 928. The molecule has 0 radical (unpaired) electrons. The van der Waals surface area contributed by atoms with E-state index in [0.717, 1.165) is 16.1 Å². The van der Waals surface area contributed by atoms with Crippen molar-refractivity contribution < 1.29 is 19.1 Å². The van der Waals surface area contributed by atoms with E-state index < -0.39 is 0 Å². The maximum Gasteiger partial charge on any atom is 0.240 e. The van der Waals surface area contributed by atoms with Gasteiger partial charge in [-0.2, -0.15) is 0 Å². The molecule has 6 nitrogen and oxygen atoms in total. The molecule has 0 bridgehead atoms. The summed E-state index contributed by atoms with van der Waals surface area (Å²) >= 11 is 1.67. The molecule has 0 aliphatic carbocycles. The second-order valence-electron chi connectivity index (χ2n) is 7.45. The lowest BCUT2D eigenvalue weighted by atomic mass is 10.1. The Balaban J connectivity index is 1.45. The number of hydrogen-bond donors (Lipinski definition) is 1. The third-order valence-electron chi connectivity index (χ3n) is 4.65. The minimum Gasteiger partial charge on any atom is -0.454 e. The lowest BCUT2D eigenvalue weighted by Gasteiger charge is -2.22. The van der Waals surface area contributed by atoms with Crippen LogP contribution >= 0.6 is 11.8 Å². The molecule has 2 aromatic carbocycles. The Morgan fingerprint density at radius 2 is 1.96 bits per heavy atom. The van der Waals surface area contributed by atoms with E-state index in [-0.39, 0.29) is 29.9 Å². The summed E-state index contributed by atoms with van der Waals surface area (Å²) in [7, 11) is 0. The van der Waals surface area contributed by atoms with Crippen molar-refractivity contribution in [3.63, 3.8) is 0 Å². The summed E-state index contributed by atoms with van der Waals surface area (Å²) in [6, 6.07) is 13.3. The first kappa shape index (κ1) is 18.7. The van der Waals surface area contributed by atoms with Crippen LogP contribution in [0.5, 0.6) is 11.5 Å². The summed E-state index contributed by atoms with van der Waals surface area (Å²) in [5, 5.41) is 2.89. The van der Waals surface area contributed by atoms with Crippen LogP contribution in [0.4, 0.5) is 5.69 Å². The Hall–Kier alpha value is -2.67. The SMILES string of the molecule is CC1(C)CC(=O)N(CC(=O)NCc2ccc3c(c2)OCO3)c2ccccc2S1. The van der Waals surface area contributed by atoms with Crippen molar-refractivity contribution in [2.45, 2.75) is 36.5 Å². The number of hydrogen-bond acceptors (Lipinski definition) is 5. The van der Waals surface area contributed by atoms with Gasteiger partial charge in [0, 0.05) is 22.6 Å². The van der Waals surface area contributed by atoms with Gasteiger partial charge in [0.25, 0.3) is 0 Å². The van der Waals surface area contributed by atoms with E-state index in [1.54, 1.807) is 16.7 Å². The van der Waals surface area contributed by atoms with Gasteiger partial charge in [0.15, 0.2) is 11.5 Å². The van der Waals surface area contributed by atoms with Crippen molar-refractivity contribution >= 4 is 29.3 Å². The molecule has 2 aromatic rings. The molecule has 1 N–H and O–H groups in total. The molecule has 146 valence electrons. The van der Waals surface area contributed by atoms with E-state index in [2.05, 4.69) is 19.2 Å². The van der Waals surface area contributed by atoms with Crippen LogP contribution in [-0.4, -0.2) is 29.9 Å². The lowest BCUT2D eigenvalue weighted by molar-refractivity contribution is -0.124. The second-order valence-corrected chi connectivity index (χ2v) is 9.20. The molecule has 0 spiro atoms. The number of amides is 2. The van der Waals surface area contributed by atoms with Crippen molar-refractivity contribution in [3.05, 3.63) is 48.0 Å². The minimum absolute atomic E-state index is 0.00294. The third kappa shape index (κ3) is 3.94. The molecule has 0 saturated heterocycles. The van der Waals surface area contributed by atoms with Gasteiger partial charge in [-0.05, 0) is 43.7 Å². The van der Waals surface area contributed by atoms with E-state index in [1.165, 1.54) is 0 Å². The van der Waals surface area contributed by atoms with Gasteiger partial charge in [-0.3, -0.25) is 9.59 Å². The summed E-state index contributed by atoms with van der Waals surface area (Å²) in [5.74, 6) is 1.15. The van der Waals surface area contributed by atoms with Crippen LogP contribution in [0.25, 0.3) is 0 Å². The Morgan fingerprint density at radius 1 is 1.18 bits per heavy atom. The highest BCUT2D eigenvalue weighted by Crippen LogP contribution is 2.43. The van der Waals surface area contributed by atoms with Crippen molar-refractivity contribution in [1.29, 1.82) is 0 Å². The first-order chi connectivity index (χ1) is 13.4. The Kier molecular flexibility index (Phi) is 4.93. The van der Waals surface area contributed by atoms with Crippen LogP contribution < -0.4 is 19.7 Å². The average Bonchev–Trinajstić information content (AvgIpc) is 3.08. The molecule has 4 rings (SSSR count). The zero-order chi connectivity index (χ0) is 19.7. The van der Waals surface area contributed by atoms with Crippen LogP contribution in [0.2, 0.25) is 0 Å². The van der Waals surface area contributed by atoms with Crippen molar-refractivity contribution in [1.82, 2.24) is 5.32 Å². The number of para-hydroxylation sites is 1. The highest BCUT2D eigenvalue weighted by Gasteiger charge is 2.33. The molecule has 2 aliphatic heterocycles. The lowest BCUT2D eigenvalue weighted by Crippen LogP contribution is -2.41. The third-order valence-corrected chi connectivity index (χ3v) is 5.91. The van der Waals surface area contributed by atoms with E-state index in [0.29, 0.717) is 24.5 Å². The summed E-state index contributed by atoms with van der Waals surface area (Å²) in [5.41, 5.74) is 1.71. The summed E-state index contributed by atoms with van der Waals surface area (Å²) in [6.45, 7) is 4.68. The van der Waals surface area contributed by atoms with Crippen molar-refractivity contribution in [2.24, 2.45) is 0 Å². The Morgan fingerprint density at radius 3 is 2.82 bits per heavy atom. The summed E-state index contributed by atoms with van der Waals surface area (Å²) in [6.07, 6.45) is 0.377. The number of rotatable bonds is 4. The Labute approximate surface area is 168 Å². The van der Waals surface area contributed by atoms with E-state index in [9.17, 15) is 9.59 Å². The number of benzene rings is 2. The predicted molar refractivity (Wildman–Crippen MR) is 108 cm³/mol. The van der Waals surface area contributed by atoms with Gasteiger partial charge in [-0.25, -0.2) is 0 Å². The van der Waals surface area contributed by atoms with Gasteiger partial charge >= 0.3 is 0 Å². The molecule has 2 aliphatic rings. The van der Waals surface area contributed by atoms with Crippen LogP contribution in [0, 0.1) is 0 Å². The zero-order valence-corrected chi connectivity index (χ0v) is 16.7. The average molecular weight is 398 g/mol. The van der Waals surface area contributed by atoms with E-state index in [1.807, 2.05) is 42.5 Å². The number of nitrogens with one attached hydrogen (secondary N) is 1. The smallest absolute Gasteiger partial charge is 0.240 e. The number of carbonyl (C=O) groups excluding carboxylic acids is 2. The first-order valence-corrected chi connectivity index (χ1v) is 9.97. The fourth-order valence-corrected chi connectivity index (χ4v) is 4.54. The molecular formula is C21H22N2O4S. The number of ether oxygens (including phenoxy) is 2. The number of anilines is 1. The predicted octanol–water partition coefficient (Wildman–Crippen LogP) is 3.34. The van der Waals surface area contributed by atoms with Gasteiger partial charge in [0.1, 0.15) is 6.54 Å². The minimum atomic E-state index is -0.217. The van der Waals surface area contributed by atoms with Crippen molar-refractivity contribution in [2.75, 3.05) is 18.2 Å². The first-order valence-electron chi connectivity index (χ1n) is 9.15. The summed E-state index contributed by atoms with van der Waals surface area (Å²) in [4.78, 5) is 28.0. The van der Waals surface area contributed by atoms with Crippen LogP contribution in [0.15, 0.2) is 47.4 Å². The van der Waals surface area contributed by atoms with Gasteiger partial charge in [0.05, 0.1) is 5.69 Å². The maximum absolute atomic E-state index is 12.8. The standard InChI is InChI=1S/C21H22N2O4S/c1-21(2)10-20(25)23(15-5-3-4-6-18(15)28-21)12-19(24)22-11-14-7-8-16-17(9-14)27-13-26-16/h3-9H,10-13H2,1-2H3,(H,22,24).